The van der Waals surface area contributed by atoms with Crippen LogP contribution >= 0.6 is 0 Å². The molecule has 0 unspecified atom stereocenters. The van der Waals surface area contributed by atoms with E-state index in [-0.39, 0.29) is 16.9 Å². The smallest absolute Gasteiger partial charge is 0.354 e. The van der Waals surface area contributed by atoms with Gasteiger partial charge in [0.05, 0.1) is 37.2 Å². The normalized spacial score (nSPS) is 10.6. The number of carbonyl (C=O) groups excluding carboxylic acids is 2. The van der Waals surface area contributed by atoms with E-state index in [0.29, 0.717) is 5.69 Å². The molecule has 0 fully saturated rings. The van der Waals surface area contributed by atoms with Gasteiger partial charge in [-0.2, -0.15) is 0 Å². The van der Waals surface area contributed by atoms with Gasteiger partial charge < -0.3 is 25.2 Å². The van der Waals surface area contributed by atoms with Crippen LogP contribution in [0.5, 0.6) is 0 Å². The molecule has 0 saturated carbocycles. The lowest BCUT2D eigenvalue weighted by molar-refractivity contribution is -0.138. The zero-order valence-electron chi connectivity index (χ0n) is 12.3. The van der Waals surface area contributed by atoms with Crippen molar-refractivity contribution in [1.82, 2.24) is 0 Å². The molecular formula is C14H16N2O6. The summed E-state index contributed by atoms with van der Waals surface area (Å²) in [6.07, 6.45) is 0.915. The first-order chi connectivity index (χ1) is 10.4. The monoisotopic (exact) mass is 308 g/mol. The molecule has 0 aliphatic heterocycles. The van der Waals surface area contributed by atoms with E-state index in [9.17, 15) is 14.4 Å². The van der Waals surface area contributed by atoms with E-state index in [2.05, 4.69) is 20.1 Å². The Morgan fingerprint density at radius 2 is 1.86 bits per heavy atom. The molecule has 1 rings (SSSR count). The second kappa shape index (κ2) is 7.67. The Bertz CT molecular complexity index is 624. The molecule has 0 radical (unpaired) electrons. The lowest BCUT2D eigenvalue weighted by Crippen LogP contribution is -2.17. The molecular weight excluding hydrogens is 292 g/mol. The minimum atomic E-state index is -1.13. The fourth-order valence-corrected chi connectivity index (χ4v) is 1.68. The van der Waals surface area contributed by atoms with Crippen molar-refractivity contribution in [3.05, 3.63) is 35.5 Å². The molecule has 0 aliphatic carbocycles. The highest BCUT2D eigenvalue weighted by Crippen LogP contribution is 2.27. The van der Waals surface area contributed by atoms with Crippen LogP contribution in [0.3, 0.4) is 0 Å². The summed E-state index contributed by atoms with van der Waals surface area (Å²) in [6.45, 7) is 0. The van der Waals surface area contributed by atoms with Gasteiger partial charge in [0.15, 0.2) is 0 Å². The summed E-state index contributed by atoms with van der Waals surface area (Å²) < 4.78 is 9.03. The first-order valence-electron chi connectivity index (χ1n) is 6.13. The fourth-order valence-electron chi connectivity index (χ4n) is 1.68. The number of esters is 2. The van der Waals surface area contributed by atoms with E-state index in [1.165, 1.54) is 19.2 Å². The number of methoxy groups -OCH3 is 2. The van der Waals surface area contributed by atoms with Crippen LogP contribution in [0.25, 0.3) is 0 Å². The lowest BCUT2D eigenvalue weighted by Gasteiger charge is -2.15. The Hall–Kier alpha value is -3.03. The Morgan fingerprint density at radius 1 is 1.18 bits per heavy atom. The van der Waals surface area contributed by atoms with Crippen LogP contribution in [0.4, 0.5) is 11.4 Å². The number of nitrogens with one attached hydrogen (secondary N) is 2. The van der Waals surface area contributed by atoms with E-state index >= 15 is 0 Å². The Kier molecular flexibility index (Phi) is 5.94. The van der Waals surface area contributed by atoms with Gasteiger partial charge in [-0.1, -0.05) is 6.07 Å². The van der Waals surface area contributed by atoms with Gasteiger partial charge in [0.2, 0.25) is 0 Å². The standard InChI is InChI=1S/C14H16N2O6/c1-15-12-8(13(18)19)5-4-6-9(12)16-10(14(20)22-3)7-11(17)21-2/h4-7,15-16H,1-3H3,(H,18,19)/b10-7+. The lowest BCUT2D eigenvalue weighted by atomic mass is 10.1. The van der Waals surface area contributed by atoms with Crippen molar-refractivity contribution in [2.75, 3.05) is 31.9 Å². The van der Waals surface area contributed by atoms with Crippen molar-refractivity contribution in [3.8, 4) is 0 Å². The molecule has 0 atom stereocenters. The highest BCUT2D eigenvalue weighted by atomic mass is 16.5. The average Bonchev–Trinajstić information content (AvgIpc) is 2.52. The van der Waals surface area contributed by atoms with E-state index in [0.717, 1.165) is 20.3 Å². The number of carboxylic acids is 1. The van der Waals surface area contributed by atoms with Crippen LogP contribution in [-0.4, -0.2) is 44.3 Å². The van der Waals surface area contributed by atoms with Crippen molar-refractivity contribution < 1.29 is 29.0 Å². The van der Waals surface area contributed by atoms with Crippen molar-refractivity contribution in [1.29, 1.82) is 0 Å². The number of aromatic carboxylic acids is 1. The van der Waals surface area contributed by atoms with Gasteiger partial charge in [0.25, 0.3) is 0 Å². The number of hydrogen-bond acceptors (Lipinski definition) is 7. The number of anilines is 2. The van der Waals surface area contributed by atoms with Crippen molar-refractivity contribution >= 4 is 29.3 Å². The van der Waals surface area contributed by atoms with Gasteiger partial charge in [-0.25, -0.2) is 14.4 Å². The van der Waals surface area contributed by atoms with Gasteiger partial charge >= 0.3 is 17.9 Å². The van der Waals surface area contributed by atoms with Crippen LogP contribution in [0.2, 0.25) is 0 Å². The third-order valence-electron chi connectivity index (χ3n) is 2.68. The molecule has 8 heteroatoms. The Morgan fingerprint density at radius 3 is 2.36 bits per heavy atom. The van der Waals surface area contributed by atoms with Gasteiger partial charge in [0.1, 0.15) is 5.70 Å². The van der Waals surface area contributed by atoms with Gasteiger partial charge in [-0.05, 0) is 12.1 Å². The minimum absolute atomic E-state index is 0.00906. The molecule has 0 saturated heterocycles. The number of carboxylic acid groups (broad SMARTS) is 1. The summed E-state index contributed by atoms with van der Waals surface area (Å²) in [5.41, 5.74) is 0.376. The highest BCUT2D eigenvalue weighted by Gasteiger charge is 2.17. The zero-order chi connectivity index (χ0) is 16.7. The summed E-state index contributed by atoms with van der Waals surface area (Å²) in [5, 5.41) is 14.6. The van der Waals surface area contributed by atoms with E-state index in [4.69, 9.17) is 5.11 Å². The van der Waals surface area contributed by atoms with E-state index in [1.807, 2.05) is 0 Å². The molecule has 0 aromatic heterocycles. The summed E-state index contributed by atoms with van der Waals surface area (Å²) in [5.74, 6) is -2.69. The number of para-hydroxylation sites is 1. The molecule has 0 aliphatic rings. The first kappa shape index (κ1) is 17.0. The van der Waals surface area contributed by atoms with E-state index in [1.54, 1.807) is 6.07 Å². The predicted molar refractivity (Wildman–Crippen MR) is 78.7 cm³/mol. The summed E-state index contributed by atoms with van der Waals surface area (Å²) in [6, 6.07) is 4.45. The van der Waals surface area contributed by atoms with Crippen LogP contribution in [0.15, 0.2) is 30.0 Å². The minimum Gasteiger partial charge on any atom is -0.478 e. The topological polar surface area (TPSA) is 114 Å². The fraction of sp³-hybridized carbons (Fsp3) is 0.214. The predicted octanol–water partition coefficient (Wildman–Crippen LogP) is 1.07. The number of carbonyl (C=O) groups is 3. The second-order valence-corrected chi connectivity index (χ2v) is 3.98. The van der Waals surface area contributed by atoms with Crippen LogP contribution in [-0.2, 0) is 19.1 Å². The number of hydrogen-bond donors (Lipinski definition) is 3. The molecule has 3 N–H and O–H groups in total. The molecule has 0 spiro atoms. The van der Waals surface area contributed by atoms with Gasteiger partial charge in [0, 0.05) is 7.05 Å². The molecule has 1 aromatic carbocycles. The third-order valence-corrected chi connectivity index (χ3v) is 2.68. The van der Waals surface area contributed by atoms with E-state index < -0.39 is 17.9 Å². The third kappa shape index (κ3) is 3.98. The maximum Gasteiger partial charge on any atom is 0.354 e. The van der Waals surface area contributed by atoms with Crippen molar-refractivity contribution in [2.45, 2.75) is 0 Å². The molecule has 22 heavy (non-hydrogen) atoms. The SMILES string of the molecule is CNc1c(N/C(=C/C(=O)OC)C(=O)OC)cccc1C(=O)O. The van der Waals surface area contributed by atoms with Crippen molar-refractivity contribution in [3.63, 3.8) is 0 Å². The highest BCUT2D eigenvalue weighted by molar-refractivity contribution is 6.02. The van der Waals surface area contributed by atoms with Crippen LogP contribution < -0.4 is 10.6 Å². The molecule has 8 nitrogen and oxygen atoms in total. The van der Waals surface area contributed by atoms with Crippen molar-refractivity contribution in [2.24, 2.45) is 0 Å². The number of ether oxygens (including phenoxy) is 2. The summed E-state index contributed by atoms with van der Waals surface area (Å²) >= 11 is 0. The number of rotatable bonds is 6. The quantitative estimate of drug-likeness (QED) is 0.528. The zero-order valence-corrected chi connectivity index (χ0v) is 12.3. The molecule has 0 heterocycles. The Labute approximate surface area is 126 Å². The largest absolute Gasteiger partial charge is 0.478 e. The molecule has 0 amide bonds. The van der Waals surface area contributed by atoms with Gasteiger partial charge in [-0.3, -0.25) is 0 Å². The molecule has 0 bridgehead atoms. The molecule has 1 aromatic rings. The van der Waals surface area contributed by atoms with Gasteiger partial charge in [-0.15, -0.1) is 0 Å². The first-order valence-corrected chi connectivity index (χ1v) is 6.13. The van der Waals surface area contributed by atoms with Crippen LogP contribution in [0, 0.1) is 0 Å². The summed E-state index contributed by atoms with van der Waals surface area (Å²) in [4.78, 5) is 34.2. The maximum atomic E-state index is 11.7. The molecule has 118 valence electrons. The summed E-state index contributed by atoms with van der Waals surface area (Å²) in [7, 11) is 3.86. The maximum absolute atomic E-state index is 11.7. The second-order valence-electron chi connectivity index (χ2n) is 3.98. The average molecular weight is 308 g/mol. The Balaban J connectivity index is 3.27. The number of benzene rings is 1. The van der Waals surface area contributed by atoms with Crippen LogP contribution in [0.1, 0.15) is 10.4 Å².